The molecule has 1 aliphatic rings. The lowest BCUT2D eigenvalue weighted by molar-refractivity contribution is -0.120. The van der Waals surface area contributed by atoms with Crippen molar-refractivity contribution in [3.8, 4) is 5.75 Å². The van der Waals surface area contributed by atoms with E-state index >= 15 is 0 Å². The van der Waals surface area contributed by atoms with Crippen LogP contribution >= 0.6 is 11.6 Å². The third kappa shape index (κ3) is 2.83. The molecular weight excluding hydrogens is 254 g/mol. The van der Waals surface area contributed by atoms with Gasteiger partial charge in [-0.2, -0.15) is 0 Å². The molecule has 0 aliphatic carbocycles. The number of halogens is 1. The SMILES string of the molecule is CC1(COc2ccc(C(=O)CN)cc2Cl)COC1. The minimum Gasteiger partial charge on any atom is -0.491 e. The fourth-order valence-electron chi connectivity index (χ4n) is 1.70. The molecule has 1 fully saturated rings. The molecule has 1 aromatic rings. The van der Waals surface area contributed by atoms with Crippen molar-refractivity contribution in [1.29, 1.82) is 0 Å². The first kappa shape index (κ1) is 13.3. The number of benzene rings is 1. The molecule has 0 radical (unpaired) electrons. The Morgan fingerprint density at radius 3 is 2.78 bits per heavy atom. The van der Waals surface area contributed by atoms with Gasteiger partial charge in [0.05, 0.1) is 31.4 Å². The van der Waals surface area contributed by atoms with Gasteiger partial charge in [0.15, 0.2) is 5.78 Å². The minimum absolute atomic E-state index is 0.0219. The Morgan fingerprint density at radius 2 is 2.28 bits per heavy atom. The van der Waals surface area contributed by atoms with Crippen LogP contribution in [0.25, 0.3) is 0 Å². The van der Waals surface area contributed by atoms with Gasteiger partial charge in [0.1, 0.15) is 5.75 Å². The van der Waals surface area contributed by atoms with Gasteiger partial charge in [-0.05, 0) is 18.2 Å². The second kappa shape index (κ2) is 5.26. The normalized spacial score (nSPS) is 17.1. The van der Waals surface area contributed by atoms with Crippen LogP contribution in [0.2, 0.25) is 5.02 Å². The summed E-state index contributed by atoms with van der Waals surface area (Å²) in [6, 6.07) is 4.97. The molecule has 0 unspecified atom stereocenters. The number of ether oxygens (including phenoxy) is 2. The van der Waals surface area contributed by atoms with Gasteiger partial charge in [0, 0.05) is 11.0 Å². The maximum absolute atomic E-state index is 11.4. The van der Waals surface area contributed by atoms with Crippen LogP contribution in [-0.4, -0.2) is 32.1 Å². The van der Waals surface area contributed by atoms with E-state index < -0.39 is 0 Å². The van der Waals surface area contributed by atoms with E-state index in [0.717, 1.165) is 0 Å². The first-order valence-corrected chi connectivity index (χ1v) is 6.15. The molecule has 1 aliphatic heterocycles. The quantitative estimate of drug-likeness (QED) is 0.830. The molecule has 98 valence electrons. The van der Waals surface area contributed by atoms with E-state index in [4.69, 9.17) is 26.8 Å². The minimum atomic E-state index is -0.136. The number of ketones is 1. The molecule has 0 spiro atoms. The molecule has 0 saturated carbocycles. The van der Waals surface area contributed by atoms with Gasteiger partial charge < -0.3 is 15.2 Å². The van der Waals surface area contributed by atoms with Crippen molar-refractivity contribution >= 4 is 17.4 Å². The van der Waals surface area contributed by atoms with Gasteiger partial charge in [-0.3, -0.25) is 4.79 Å². The molecule has 1 saturated heterocycles. The van der Waals surface area contributed by atoms with Crippen molar-refractivity contribution in [2.24, 2.45) is 11.1 Å². The van der Waals surface area contributed by atoms with Gasteiger partial charge in [-0.15, -0.1) is 0 Å². The summed E-state index contributed by atoms with van der Waals surface area (Å²) in [5.74, 6) is 0.446. The van der Waals surface area contributed by atoms with Crippen molar-refractivity contribution in [2.75, 3.05) is 26.4 Å². The Balaban J connectivity index is 2.03. The molecule has 2 rings (SSSR count). The molecule has 4 nitrogen and oxygen atoms in total. The van der Waals surface area contributed by atoms with Gasteiger partial charge in [0.2, 0.25) is 0 Å². The largest absolute Gasteiger partial charge is 0.491 e. The van der Waals surface area contributed by atoms with Crippen molar-refractivity contribution in [1.82, 2.24) is 0 Å². The molecule has 0 aromatic heterocycles. The second-order valence-corrected chi connectivity index (χ2v) is 5.27. The van der Waals surface area contributed by atoms with Crippen LogP contribution in [0.1, 0.15) is 17.3 Å². The molecule has 1 heterocycles. The van der Waals surface area contributed by atoms with Crippen LogP contribution in [-0.2, 0) is 4.74 Å². The summed E-state index contributed by atoms with van der Waals surface area (Å²) in [6.45, 7) is 4.03. The van der Waals surface area contributed by atoms with E-state index in [2.05, 4.69) is 6.92 Å². The predicted molar refractivity (Wildman–Crippen MR) is 69.3 cm³/mol. The van der Waals surface area contributed by atoms with Crippen molar-refractivity contribution in [3.05, 3.63) is 28.8 Å². The van der Waals surface area contributed by atoms with Crippen LogP contribution in [0.15, 0.2) is 18.2 Å². The predicted octanol–water partition coefficient (Wildman–Crippen LogP) is 1.90. The lowest BCUT2D eigenvalue weighted by Crippen LogP contribution is -2.44. The summed E-state index contributed by atoms with van der Waals surface area (Å²) < 4.78 is 10.8. The number of hydrogen-bond acceptors (Lipinski definition) is 4. The number of hydrogen-bond donors (Lipinski definition) is 1. The third-order valence-corrected chi connectivity index (χ3v) is 3.21. The van der Waals surface area contributed by atoms with Crippen molar-refractivity contribution in [2.45, 2.75) is 6.92 Å². The summed E-state index contributed by atoms with van der Waals surface area (Å²) in [5.41, 5.74) is 5.87. The van der Waals surface area contributed by atoms with Crippen LogP contribution < -0.4 is 10.5 Å². The fraction of sp³-hybridized carbons (Fsp3) is 0.462. The summed E-state index contributed by atoms with van der Waals surface area (Å²) >= 11 is 6.07. The van der Waals surface area contributed by atoms with Crippen LogP contribution in [0.5, 0.6) is 5.75 Å². The lowest BCUT2D eigenvalue weighted by Gasteiger charge is -2.37. The maximum Gasteiger partial charge on any atom is 0.176 e. The molecular formula is C13H16ClNO3. The highest BCUT2D eigenvalue weighted by Gasteiger charge is 2.34. The smallest absolute Gasteiger partial charge is 0.176 e. The standard InChI is InChI=1S/C13H16ClNO3/c1-13(6-17-7-13)8-18-12-3-2-9(4-10(12)14)11(16)5-15/h2-4H,5-8,15H2,1H3. The van der Waals surface area contributed by atoms with Crippen LogP contribution in [0.4, 0.5) is 0 Å². The topological polar surface area (TPSA) is 61.5 Å². The Bertz CT molecular complexity index is 458. The number of nitrogens with two attached hydrogens (primary N) is 1. The second-order valence-electron chi connectivity index (χ2n) is 4.86. The molecule has 2 N–H and O–H groups in total. The summed E-state index contributed by atoms with van der Waals surface area (Å²) in [5, 5.41) is 0.429. The molecule has 18 heavy (non-hydrogen) atoms. The molecule has 1 aromatic carbocycles. The van der Waals surface area contributed by atoms with Gasteiger partial charge in [0.25, 0.3) is 0 Å². The van der Waals surface area contributed by atoms with E-state index in [-0.39, 0.29) is 17.7 Å². The summed E-state index contributed by atoms with van der Waals surface area (Å²) in [6.07, 6.45) is 0. The maximum atomic E-state index is 11.4. The highest BCUT2D eigenvalue weighted by atomic mass is 35.5. The van der Waals surface area contributed by atoms with Gasteiger partial charge >= 0.3 is 0 Å². The van der Waals surface area contributed by atoms with E-state index in [1.165, 1.54) is 0 Å². The average molecular weight is 270 g/mol. The van der Waals surface area contributed by atoms with Crippen molar-refractivity contribution < 1.29 is 14.3 Å². The summed E-state index contributed by atoms with van der Waals surface area (Å²) in [4.78, 5) is 11.4. The highest BCUT2D eigenvalue weighted by molar-refractivity contribution is 6.32. The van der Waals surface area contributed by atoms with E-state index in [1.54, 1.807) is 18.2 Å². The van der Waals surface area contributed by atoms with Crippen LogP contribution in [0.3, 0.4) is 0 Å². The monoisotopic (exact) mass is 269 g/mol. The zero-order valence-electron chi connectivity index (χ0n) is 10.2. The average Bonchev–Trinajstić information content (AvgIpc) is 2.34. The number of carbonyl (C=O) groups is 1. The van der Waals surface area contributed by atoms with E-state index in [9.17, 15) is 4.79 Å². The van der Waals surface area contributed by atoms with E-state index in [1.807, 2.05) is 0 Å². The zero-order chi connectivity index (χ0) is 13.2. The zero-order valence-corrected chi connectivity index (χ0v) is 11.0. The van der Waals surface area contributed by atoms with Crippen molar-refractivity contribution in [3.63, 3.8) is 0 Å². The third-order valence-electron chi connectivity index (χ3n) is 2.92. The molecule has 0 atom stereocenters. The Hall–Kier alpha value is -1.10. The molecule has 0 bridgehead atoms. The summed E-state index contributed by atoms with van der Waals surface area (Å²) in [7, 11) is 0. The Kier molecular flexibility index (Phi) is 3.90. The Morgan fingerprint density at radius 1 is 1.56 bits per heavy atom. The number of Topliss-reactive ketones (excluding diaryl/α,β-unsaturated/α-hetero) is 1. The number of rotatable bonds is 5. The number of carbonyl (C=O) groups excluding carboxylic acids is 1. The first-order valence-electron chi connectivity index (χ1n) is 5.77. The van der Waals surface area contributed by atoms with Crippen LogP contribution in [0, 0.1) is 5.41 Å². The van der Waals surface area contributed by atoms with E-state index in [0.29, 0.717) is 36.2 Å². The first-order chi connectivity index (χ1) is 8.54. The lowest BCUT2D eigenvalue weighted by atomic mass is 9.90. The fourth-order valence-corrected chi connectivity index (χ4v) is 1.93. The molecule has 0 amide bonds. The molecule has 5 heteroatoms. The highest BCUT2D eigenvalue weighted by Crippen LogP contribution is 2.31. The Labute approximate surface area is 111 Å². The van der Waals surface area contributed by atoms with Gasteiger partial charge in [-0.1, -0.05) is 18.5 Å². The van der Waals surface area contributed by atoms with Gasteiger partial charge in [-0.25, -0.2) is 0 Å².